The van der Waals surface area contributed by atoms with Crippen LogP contribution in [0.1, 0.15) is 6.92 Å². The first-order valence-electron chi connectivity index (χ1n) is 3.53. The third kappa shape index (κ3) is 2.04. The Balaban J connectivity index is 2.21. The number of nitrogens with zero attached hydrogens (tertiary/aromatic N) is 1. The van der Waals surface area contributed by atoms with Crippen molar-refractivity contribution in [3.8, 4) is 0 Å². The molecule has 0 aromatic rings. The molecular weight excluding hydrogens is 170 g/mol. The van der Waals surface area contributed by atoms with E-state index in [0.29, 0.717) is 18.3 Å². The lowest BCUT2D eigenvalue weighted by atomic mass is 10.1. The van der Waals surface area contributed by atoms with Crippen LogP contribution in [0, 0.1) is 0 Å². The Kier molecular flexibility index (Phi) is 3.09. The topological polar surface area (TPSA) is 29.3 Å². The molecular formula is C6H12F2N2S. The van der Waals surface area contributed by atoms with Crippen molar-refractivity contribution in [1.82, 2.24) is 4.90 Å². The number of hydrogen-bond donors (Lipinski definition) is 1. The molecule has 1 atom stereocenters. The highest BCUT2D eigenvalue weighted by Gasteiger charge is 2.33. The molecule has 1 fully saturated rings. The van der Waals surface area contributed by atoms with Crippen LogP contribution >= 0.6 is 11.9 Å². The quantitative estimate of drug-likeness (QED) is 0.658. The minimum absolute atomic E-state index is 0.358. The lowest BCUT2D eigenvalue weighted by molar-refractivity contribution is 0.00802. The highest BCUT2D eigenvalue weighted by molar-refractivity contribution is 7.97. The summed E-state index contributed by atoms with van der Waals surface area (Å²) in [4.78, 5) is 1.75. The van der Waals surface area contributed by atoms with E-state index in [1.165, 1.54) is 11.9 Å². The first kappa shape index (κ1) is 9.22. The van der Waals surface area contributed by atoms with Crippen molar-refractivity contribution in [2.45, 2.75) is 24.6 Å². The first-order valence-corrected chi connectivity index (χ1v) is 4.47. The molecule has 0 bridgehead atoms. The van der Waals surface area contributed by atoms with Gasteiger partial charge in [0.1, 0.15) is 0 Å². The predicted molar refractivity (Wildman–Crippen MR) is 42.6 cm³/mol. The van der Waals surface area contributed by atoms with Gasteiger partial charge in [-0.2, -0.15) is 0 Å². The van der Waals surface area contributed by atoms with E-state index >= 15 is 0 Å². The molecule has 5 heteroatoms. The summed E-state index contributed by atoms with van der Waals surface area (Å²) >= 11 is 1.26. The Labute approximate surface area is 69.2 Å². The molecule has 11 heavy (non-hydrogen) atoms. The van der Waals surface area contributed by atoms with Crippen LogP contribution in [-0.4, -0.2) is 35.7 Å². The molecule has 0 aromatic carbocycles. The number of hydrogen-bond acceptors (Lipinski definition) is 3. The van der Waals surface area contributed by atoms with Gasteiger partial charge in [-0.05, 0) is 6.92 Å². The van der Waals surface area contributed by atoms with Crippen LogP contribution in [0.25, 0.3) is 0 Å². The van der Waals surface area contributed by atoms with E-state index in [1.807, 2.05) is 0 Å². The molecule has 0 aliphatic carbocycles. The molecule has 2 nitrogen and oxygen atoms in total. The van der Waals surface area contributed by atoms with Crippen LogP contribution < -0.4 is 5.14 Å². The zero-order valence-electron chi connectivity index (χ0n) is 6.34. The fraction of sp³-hybridized carbons (Fsp3) is 1.00. The average Bonchev–Trinajstić information content (AvgIpc) is 1.85. The summed E-state index contributed by atoms with van der Waals surface area (Å²) in [6.45, 7) is 2.95. The van der Waals surface area contributed by atoms with Gasteiger partial charge in [-0.15, -0.1) is 0 Å². The molecule has 1 saturated heterocycles. The number of alkyl halides is 2. The first-order chi connectivity index (χ1) is 5.15. The summed E-state index contributed by atoms with van der Waals surface area (Å²) in [5, 5.41) is 5.63. The second-order valence-electron chi connectivity index (χ2n) is 2.79. The van der Waals surface area contributed by atoms with Gasteiger partial charge in [0.15, 0.2) is 0 Å². The van der Waals surface area contributed by atoms with E-state index in [4.69, 9.17) is 5.14 Å². The normalized spacial score (nSPS) is 23.7. The summed E-state index contributed by atoms with van der Waals surface area (Å²) in [5.74, 6) is 0. The third-order valence-corrected chi connectivity index (χ3v) is 2.69. The van der Waals surface area contributed by atoms with E-state index in [-0.39, 0.29) is 0 Å². The molecule has 1 rings (SSSR count). The maximum absolute atomic E-state index is 12.1. The molecule has 66 valence electrons. The number of nitrogens with two attached hydrogens (primary N) is 1. The SMILES string of the molecule is CC(C(F)F)N1CC(SN)C1. The lowest BCUT2D eigenvalue weighted by Crippen LogP contribution is -2.55. The molecule has 1 aliphatic heterocycles. The van der Waals surface area contributed by atoms with E-state index in [2.05, 4.69) is 0 Å². The zero-order chi connectivity index (χ0) is 8.43. The van der Waals surface area contributed by atoms with Crippen molar-refractivity contribution >= 4 is 11.9 Å². The third-order valence-electron chi connectivity index (χ3n) is 2.01. The van der Waals surface area contributed by atoms with Crippen LogP contribution in [0.3, 0.4) is 0 Å². The number of rotatable bonds is 3. The minimum atomic E-state index is -2.24. The van der Waals surface area contributed by atoms with Crippen molar-refractivity contribution in [3.63, 3.8) is 0 Å². The van der Waals surface area contributed by atoms with Crippen molar-refractivity contribution in [2.24, 2.45) is 5.14 Å². The van der Waals surface area contributed by atoms with Gasteiger partial charge < -0.3 is 0 Å². The Morgan fingerprint density at radius 3 is 2.45 bits per heavy atom. The van der Waals surface area contributed by atoms with E-state index < -0.39 is 12.5 Å². The lowest BCUT2D eigenvalue weighted by Gasteiger charge is -2.41. The van der Waals surface area contributed by atoms with E-state index in [9.17, 15) is 8.78 Å². The summed E-state index contributed by atoms with van der Waals surface area (Å²) in [5.41, 5.74) is 0. The number of halogens is 2. The van der Waals surface area contributed by atoms with Crippen molar-refractivity contribution in [2.75, 3.05) is 13.1 Å². The van der Waals surface area contributed by atoms with Crippen LogP contribution in [-0.2, 0) is 0 Å². The highest BCUT2D eigenvalue weighted by Crippen LogP contribution is 2.22. The molecule has 1 aliphatic rings. The maximum atomic E-state index is 12.1. The second kappa shape index (κ2) is 3.69. The predicted octanol–water partition coefficient (Wildman–Crippen LogP) is 0.931. The maximum Gasteiger partial charge on any atom is 0.253 e. The van der Waals surface area contributed by atoms with Gasteiger partial charge in [-0.25, -0.2) is 8.78 Å². The Bertz CT molecular complexity index is 128. The fourth-order valence-electron chi connectivity index (χ4n) is 1.05. The molecule has 0 saturated carbocycles. The molecule has 1 heterocycles. The largest absolute Gasteiger partial charge is 0.293 e. The van der Waals surface area contributed by atoms with Crippen LogP contribution in [0.15, 0.2) is 0 Å². The molecule has 0 aromatic heterocycles. The molecule has 1 unspecified atom stereocenters. The van der Waals surface area contributed by atoms with Crippen LogP contribution in [0.5, 0.6) is 0 Å². The van der Waals surface area contributed by atoms with Crippen molar-refractivity contribution < 1.29 is 8.78 Å². The van der Waals surface area contributed by atoms with E-state index in [1.54, 1.807) is 11.8 Å². The van der Waals surface area contributed by atoms with Gasteiger partial charge in [-0.3, -0.25) is 10.0 Å². The zero-order valence-corrected chi connectivity index (χ0v) is 7.15. The second-order valence-corrected chi connectivity index (χ2v) is 3.73. The van der Waals surface area contributed by atoms with E-state index in [0.717, 1.165) is 0 Å². The Hall–Kier alpha value is 0.130. The van der Waals surface area contributed by atoms with Gasteiger partial charge in [0.2, 0.25) is 0 Å². The Morgan fingerprint density at radius 2 is 2.09 bits per heavy atom. The molecule has 0 spiro atoms. The standard InChI is InChI=1S/C6H12F2N2S/c1-4(6(7)8)10-2-5(3-10)11-9/h4-6H,2-3,9H2,1H3. The Morgan fingerprint density at radius 1 is 1.55 bits per heavy atom. The summed E-state index contributed by atoms with van der Waals surface area (Å²) < 4.78 is 24.1. The minimum Gasteiger partial charge on any atom is -0.293 e. The van der Waals surface area contributed by atoms with Gasteiger partial charge in [-0.1, -0.05) is 11.9 Å². The van der Waals surface area contributed by atoms with Gasteiger partial charge in [0.05, 0.1) is 6.04 Å². The molecule has 0 radical (unpaired) electrons. The van der Waals surface area contributed by atoms with Gasteiger partial charge >= 0.3 is 0 Å². The van der Waals surface area contributed by atoms with Gasteiger partial charge in [0, 0.05) is 18.3 Å². The summed E-state index contributed by atoms with van der Waals surface area (Å²) in [6.07, 6.45) is -2.24. The van der Waals surface area contributed by atoms with Crippen LogP contribution in [0.2, 0.25) is 0 Å². The van der Waals surface area contributed by atoms with Crippen molar-refractivity contribution in [3.05, 3.63) is 0 Å². The summed E-state index contributed by atoms with van der Waals surface area (Å²) in [7, 11) is 0. The smallest absolute Gasteiger partial charge is 0.253 e. The van der Waals surface area contributed by atoms with Gasteiger partial charge in [0.25, 0.3) is 6.43 Å². The van der Waals surface area contributed by atoms with Crippen molar-refractivity contribution in [1.29, 1.82) is 0 Å². The molecule has 0 amide bonds. The molecule has 2 N–H and O–H groups in total. The fourth-order valence-corrected chi connectivity index (χ4v) is 1.60. The van der Waals surface area contributed by atoms with Crippen LogP contribution in [0.4, 0.5) is 8.78 Å². The summed E-state index contributed by atoms with van der Waals surface area (Å²) in [6, 6.07) is -0.613. The average molecular weight is 182 g/mol. The monoisotopic (exact) mass is 182 g/mol. The highest BCUT2D eigenvalue weighted by atomic mass is 32.2. The number of likely N-dealkylation sites (tertiary alicyclic amines) is 1.